The fraction of sp³-hybridized carbons (Fsp3) is 0.909. The standard InChI is InChI=1S/C22H42N2O4/c1-7-21(3,4)19(25)23-15-27-13-17-9-11-18(12-10-17)14-28-16-24-20(26)22(5,6)8-2/h17-18H,7-16H2,1-6H3,(H,23,25)(H,24,26). The summed E-state index contributed by atoms with van der Waals surface area (Å²) in [5, 5.41) is 5.73. The molecule has 1 fully saturated rings. The fourth-order valence-corrected chi connectivity index (χ4v) is 3.05. The van der Waals surface area contributed by atoms with Crippen molar-refractivity contribution in [3.63, 3.8) is 0 Å². The first-order chi connectivity index (χ1) is 13.1. The SMILES string of the molecule is CCC(C)(C)C(=O)NCOCC1CCC(COCNC(=O)C(C)(C)CC)CC1. The lowest BCUT2D eigenvalue weighted by atomic mass is 9.83. The molecule has 0 atom stereocenters. The van der Waals surface area contributed by atoms with Crippen LogP contribution in [0.1, 0.15) is 80.1 Å². The Morgan fingerprint density at radius 3 is 1.36 bits per heavy atom. The zero-order valence-corrected chi connectivity index (χ0v) is 18.9. The van der Waals surface area contributed by atoms with Gasteiger partial charge in [0.05, 0.1) is 13.2 Å². The minimum Gasteiger partial charge on any atom is -0.361 e. The van der Waals surface area contributed by atoms with Crippen LogP contribution in [0.4, 0.5) is 0 Å². The van der Waals surface area contributed by atoms with Gasteiger partial charge < -0.3 is 20.1 Å². The van der Waals surface area contributed by atoms with E-state index in [2.05, 4.69) is 10.6 Å². The molecule has 0 spiro atoms. The zero-order chi connectivity index (χ0) is 21.2. The second-order valence-electron chi connectivity index (χ2n) is 9.40. The van der Waals surface area contributed by atoms with E-state index in [4.69, 9.17) is 9.47 Å². The van der Waals surface area contributed by atoms with Gasteiger partial charge >= 0.3 is 0 Å². The van der Waals surface area contributed by atoms with Gasteiger partial charge in [-0.3, -0.25) is 9.59 Å². The molecule has 2 N–H and O–H groups in total. The lowest BCUT2D eigenvalue weighted by Crippen LogP contribution is -2.38. The number of rotatable bonds is 12. The fourth-order valence-electron chi connectivity index (χ4n) is 3.05. The van der Waals surface area contributed by atoms with Gasteiger partial charge in [0, 0.05) is 10.8 Å². The highest BCUT2D eigenvalue weighted by Gasteiger charge is 2.26. The van der Waals surface area contributed by atoms with Crippen LogP contribution in [-0.2, 0) is 19.1 Å². The maximum atomic E-state index is 12.0. The van der Waals surface area contributed by atoms with E-state index in [-0.39, 0.29) is 22.6 Å². The van der Waals surface area contributed by atoms with Crippen molar-refractivity contribution in [3.8, 4) is 0 Å². The Balaban J connectivity index is 2.09. The van der Waals surface area contributed by atoms with Crippen molar-refractivity contribution in [1.82, 2.24) is 10.6 Å². The largest absolute Gasteiger partial charge is 0.361 e. The van der Waals surface area contributed by atoms with Crippen molar-refractivity contribution in [3.05, 3.63) is 0 Å². The Hall–Kier alpha value is -1.14. The van der Waals surface area contributed by atoms with Crippen LogP contribution in [0.5, 0.6) is 0 Å². The molecule has 28 heavy (non-hydrogen) atoms. The van der Waals surface area contributed by atoms with Gasteiger partial charge in [-0.25, -0.2) is 0 Å². The third-order valence-corrected chi connectivity index (χ3v) is 6.34. The maximum Gasteiger partial charge on any atom is 0.227 e. The van der Waals surface area contributed by atoms with Crippen LogP contribution in [0.2, 0.25) is 0 Å². The molecule has 0 heterocycles. The smallest absolute Gasteiger partial charge is 0.227 e. The lowest BCUT2D eigenvalue weighted by molar-refractivity contribution is -0.132. The average Bonchev–Trinajstić information content (AvgIpc) is 2.68. The average molecular weight is 399 g/mol. The summed E-state index contributed by atoms with van der Waals surface area (Å²) in [4.78, 5) is 24.0. The van der Waals surface area contributed by atoms with Gasteiger partial charge in [0.1, 0.15) is 13.5 Å². The third-order valence-electron chi connectivity index (χ3n) is 6.34. The molecule has 6 heteroatoms. The summed E-state index contributed by atoms with van der Waals surface area (Å²) in [5.41, 5.74) is -0.680. The maximum absolute atomic E-state index is 12.0. The normalized spacial score (nSPS) is 20.6. The monoisotopic (exact) mass is 398 g/mol. The van der Waals surface area contributed by atoms with Crippen molar-refractivity contribution >= 4 is 11.8 Å². The Labute approximate surface area is 171 Å². The van der Waals surface area contributed by atoms with Crippen LogP contribution in [0.3, 0.4) is 0 Å². The van der Waals surface area contributed by atoms with Gasteiger partial charge in [0.25, 0.3) is 0 Å². The van der Waals surface area contributed by atoms with E-state index in [1.165, 1.54) is 0 Å². The molecule has 164 valence electrons. The van der Waals surface area contributed by atoms with E-state index in [1.54, 1.807) is 0 Å². The Morgan fingerprint density at radius 2 is 1.07 bits per heavy atom. The molecule has 2 amide bonds. The second-order valence-corrected chi connectivity index (χ2v) is 9.40. The minimum atomic E-state index is -0.340. The quantitative estimate of drug-likeness (QED) is 0.387. The number of nitrogens with one attached hydrogen (secondary N) is 2. The molecule has 0 aliphatic heterocycles. The highest BCUT2D eigenvalue weighted by molar-refractivity contribution is 5.81. The van der Waals surface area contributed by atoms with Gasteiger partial charge in [-0.05, 0) is 50.4 Å². The molecule has 1 aliphatic carbocycles. The number of carbonyl (C=O) groups is 2. The van der Waals surface area contributed by atoms with Crippen molar-refractivity contribution in [2.24, 2.45) is 22.7 Å². The second kappa shape index (κ2) is 11.8. The number of amides is 2. The van der Waals surface area contributed by atoms with E-state index >= 15 is 0 Å². The number of hydrogen-bond donors (Lipinski definition) is 2. The van der Waals surface area contributed by atoms with Gasteiger partial charge in [0.2, 0.25) is 11.8 Å². The number of hydrogen-bond acceptors (Lipinski definition) is 4. The van der Waals surface area contributed by atoms with Crippen molar-refractivity contribution in [1.29, 1.82) is 0 Å². The first-order valence-electron chi connectivity index (χ1n) is 10.8. The predicted octanol–water partition coefficient (Wildman–Crippen LogP) is 3.85. The minimum absolute atomic E-state index is 0.0465. The highest BCUT2D eigenvalue weighted by Crippen LogP contribution is 2.29. The number of carbonyl (C=O) groups excluding carboxylic acids is 2. The molecule has 0 radical (unpaired) electrons. The molecule has 6 nitrogen and oxygen atoms in total. The van der Waals surface area contributed by atoms with E-state index < -0.39 is 0 Å². The molecule has 1 saturated carbocycles. The van der Waals surface area contributed by atoms with Crippen molar-refractivity contribution in [2.75, 3.05) is 26.7 Å². The van der Waals surface area contributed by atoms with E-state index in [0.29, 0.717) is 38.5 Å². The molecular formula is C22H42N2O4. The molecular weight excluding hydrogens is 356 g/mol. The van der Waals surface area contributed by atoms with E-state index in [0.717, 1.165) is 38.5 Å². The van der Waals surface area contributed by atoms with E-state index in [1.807, 2.05) is 41.5 Å². The van der Waals surface area contributed by atoms with Crippen molar-refractivity contribution in [2.45, 2.75) is 80.1 Å². The topological polar surface area (TPSA) is 76.7 Å². The molecule has 0 aromatic rings. The Morgan fingerprint density at radius 1 is 0.750 bits per heavy atom. The van der Waals surface area contributed by atoms with Gasteiger partial charge in [-0.1, -0.05) is 41.5 Å². The van der Waals surface area contributed by atoms with Crippen LogP contribution in [0.25, 0.3) is 0 Å². The Bertz CT molecular complexity index is 439. The Kier molecular flexibility index (Phi) is 10.5. The van der Waals surface area contributed by atoms with Crippen LogP contribution in [0.15, 0.2) is 0 Å². The van der Waals surface area contributed by atoms with E-state index in [9.17, 15) is 9.59 Å². The summed E-state index contributed by atoms with van der Waals surface area (Å²) in [6.45, 7) is 13.8. The molecule has 1 aliphatic rings. The highest BCUT2D eigenvalue weighted by atomic mass is 16.5. The van der Waals surface area contributed by atoms with Gasteiger partial charge in [-0.2, -0.15) is 0 Å². The first-order valence-corrected chi connectivity index (χ1v) is 10.8. The van der Waals surface area contributed by atoms with Crippen molar-refractivity contribution < 1.29 is 19.1 Å². The van der Waals surface area contributed by atoms with Gasteiger partial charge in [-0.15, -0.1) is 0 Å². The van der Waals surface area contributed by atoms with Crippen LogP contribution >= 0.6 is 0 Å². The molecule has 0 aromatic carbocycles. The lowest BCUT2D eigenvalue weighted by Gasteiger charge is -2.28. The number of ether oxygens (including phenoxy) is 2. The molecule has 1 rings (SSSR count). The summed E-state index contributed by atoms with van der Waals surface area (Å²) in [5.74, 6) is 1.20. The summed E-state index contributed by atoms with van der Waals surface area (Å²) < 4.78 is 11.4. The summed E-state index contributed by atoms with van der Waals surface area (Å²) in [6, 6.07) is 0. The summed E-state index contributed by atoms with van der Waals surface area (Å²) >= 11 is 0. The van der Waals surface area contributed by atoms with Crippen LogP contribution < -0.4 is 10.6 Å². The third kappa shape index (κ3) is 8.48. The zero-order valence-electron chi connectivity index (χ0n) is 18.9. The molecule has 0 unspecified atom stereocenters. The molecule has 0 bridgehead atoms. The predicted molar refractivity (Wildman–Crippen MR) is 112 cm³/mol. The van der Waals surface area contributed by atoms with Gasteiger partial charge in [0.15, 0.2) is 0 Å². The molecule has 0 aromatic heterocycles. The summed E-state index contributed by atoms with van der Waals surface area (Å²) in [6.07, 6.45) is 6.11. The summed E-state index contributed by atoms with van der Waals surface area (Å²) in [7, 11) is 0. The van der Waals surface area contributed by atoms with Crippen LogP contribution in [0, 0.1) is 22.7 Å². The van der Waals surface area contributed by atoms with Crippen LogP contribution in [-0.4, -0.2) is 38.5 Å². The molecule has 0 saturated heterocycles. The first kappa shape index (κ1) is 24.9.